The molecule has 1 saturated heterocycles. The highest BCUT2D eigenvalue weighted by Crippen LogP contribution is 2.27. The molecule has 1 atom stereocenters. The third kappa shape index (κ3) is 1.67. The Balaban J connectivity index is 2.21. The van der Waals surface area contributed by atoms with E-state index in [2.05, 4.69) is 20.9 Å². The molecule has 2 rings (SSSR count). The summed E-state index contributed by atoms with van der Waals surface area (Å²) < 4.78 is 6.40. The summed E-state index contributed by atoms with van der Waals surface area (Å²) in [5.41, 5.74) is 1.04. The van der Waals surface area contributed by atoms with Crippen molar-refractivity contribution in [2.45, 2.75) is 18.9 Å². The van der Waals surface area contributed by atoms with Gasteiger partial charge in [0.05, 0.1) is 11.8 Å². The van der Waals surface area contributed by atoms with E-state index < -0.39 is 0 Å². The van der Waals surface area contributed by atoms with Gasteiger partial charge in [-0.15, -0.1) is 0 Å². The lowest BCUT2D eigenvalue weighted by atomic mass is 10.2. The molecule has 3 heteroatoms. The number of ether oxygens (including phenoxy) is 1. The number of pyridine rings is 1. The molecule has 0 aromatic carbocycles. The first kappa shape index (κ1) is 8.20. The normalized spacial score (nSPS) is 22.9. The molecule has 2 nitrogen and oxygen atoms in total. The number of rotatable bonds is 1. The maximum Gasteiger partial charge on any atom is 0.106 e. The first-order chi connectivity index (χ1) is 5.86. The molecule has 1 aromatic rings. The van der Waals surface area contributed by atoms with Gasteiger partial charge in [0.15, 0.2) is 0 Å². The molecule has 0 saturated carbocycles. The van der Waals surface area contributed by atoms with Crippen molar-refractivity contribution in [1.29, 1.82) is 0 Å². The van der Waals surface area contributed by atoms with Gasteiger partial charge < -0.3 is 4.74 Å². The van der Waals surface area contributed by atoms with Crippen molar-refractivity contribution in [3.05, 3.63) is 28.5 Å². The minimum Gasteiger partial charge on any atom is -0.372 e. The van der Waals surface area contributed by atoms with Crippen molar-refractivity contribution in [2.24, 2.45) is 0 Å². The van der Waals surface area contributed by atoms with E-state index in [0.29, 0.717) is 0 Å². The largest absolute Gasteiger partial charge is 0.372 e. The molecule has 0 N–H and O–H groups in total. The SMILES string of the molecule is Brc1cccc(C2CCCO2)n1. The Kier molecular flexibility index (Phi) is 2.42. The van der Waals surface area contributed by atoms with E-state index in [1.807, 2.05) is 18.2 Å². The molecule has 1 aliphatic heterocycles. The van der Waals surface area contributed by atoms with Crippen LogP contribution < -0.4 is 0 Å². The van der Waals surface area contributed by atoms with Crippen LogP contribution in [0.1, 0.15) is 24.6 Å². The summed E-state index contributed by atoms with van der Waals surface area (Å²) in [7, 11) is 0. The molecule has 0 spiro atoms. The fourth-order valence-electron chi connectivity index (χ4n) is 1.41. The zero-order valence-electron chi connectivity index (χ0n) is 6.66. The van der Waals surface area contributed by atoms with Gasteiger partial charge in [-0.2, -0.15) is 0 Å². The van der Waals surface area contributed by atoms with Crippen LogP contribution in [0.25, 0.3) is 0 Å². The quantitative estimate of drug-likeness (QED) is 0.689. The van der Waals surface area contributed by atoms with E-state index in [-0.39, 0.29) is 6.10 Å². The topological polar surface area (TPSA) is 22.1 Å². The Bertz CT molecular complexity index is 271. The van der Waals surface area contributed by atoms with E-state index >= 15 is 0 Å². The standard InChI is InChI=1S/C9H10BrNO/c10-9-5-1-3-7(11-9)8-4-2-6-12-8/h1,3,5,8H,2,4,6H2. The lowest BCUT2D eigenvalue weighted by Gasteiger charge is -2.07. The van der Waals surface area contributed by atoms with Gasteiger partial charge in [0.1, 0.15) is 4.60 Å². The molecular formula is C9H10BrNO. The summed E-state index contributed by atoms with van der Waals surface area (Å²) in [4.78, 5) is 4.35. The van der Waals surface area contributed by atoms with Gasteiger partial charge in [0.2, 0.25) is 0 Å². The Morgan fingerprint density at radius 3 is 3.08 bits per heavy atom. The molecule has 1 unspecified atom stereocenters. The maximum absolute atomic E-state index is 5.51. The number of hydrogen-bond donors (Lipinski definition) is 0. The summed E-state index contributed by atoms with van der Waals surface area (Å²) in [6.45, 7) is 0.874. The Morgan fingerprint density at radius 2 is 2.42 bits per heavy atom. The van der Waals surface area contributed by atoms with E-state index in [1.54, 1.807) is 0 Å². The average molecular weight is 228 g/mol. The van der Waals surface area contributed by atoms with Crippen LogP contribution in [0.5, 0.6) is 0 Å². The van der Waals surface area contributed by atoms with Crippen molar-refractivity contribution >= 4 is 15.9 Å². The maximum atomic E-state index is 5.51. The van der Waals surface area contributed by atoms with E-state index in [9.17, 15) is 0 Å². The Labute approximate surface area is 80.1 Å². The molecule has 0 amide bonds. The lowest BCUT2D eigenvalue weighted by molar-refractivity contribution is 0.108. The second-order valence-corrected chi connectivity index (χ2v) is 3.70. The molecule has 64 valence electrons. The van der Waals surface area contributed by atoms with E-state index in [0.717, 1.165) is 29.7 Å². The monoisotopic (exact) mass is 227 g/mol. The zero-order chi connectivity index (χ0) is 8.39. The van der Waals surface area contributed by atoms with Crippen molar-refractivity contribution in [2.75, 3.05) is 6.61 Å². The number of hydrogen-bond acceptors (Lipinski definition) is 2. The summed E-state index contributed by atoms with van der Waals surface area (Å²) in [6, 6.07) is 5.94. The van der Waals surface area contributed by atoms with Crippen molar-refractivity contribution < 1.29 is 4.74 Å². The Hall–Kier alpha value is -0.410. The van der Waals surface area contributed by atoms with E-state index in [4.69, 9.17) is 4.74 Å². The van der Waals surface area contributed by atoms with Crippen molar-refractivity contribution in [3.63, 3.8) is 0 Å². The number of halogens is 1. The van der Waals surface area contributed by atoms with Crippen molar-refractivity contribution in [3.8, 4) is 0 Å². The van der Waals surface area contributed by atoms with Gasteiger partial charge in [-0.05, 0) is 40.9 Å². The molecule has 0 aliphatic carbocycles. The smallest absolute Gasteiger partial charge is 0.106 e. The fraction of sp³-hybridized carbons (Fsp3) is 0.444. The third-order valence-electron chi connectivity index (χ3n) is 2.00. The zero-order valence-corrected chi connectivity index (χ0v) is 8.25. The fourth-order valence-corrected chi connectivity index (χ4v) is 1.77. The second kappa shape index (κ2) is 3.54. The first-order valence-electron chi connectivity index (χ1n) is 4.10. The van der Waals surface area contributed by atoms with Gasteiger partial charge in [-0.1, -0.05) is 6.07 Å². The summed E-state index contributed by atoms with van der Waals surface area (Å²) in [5, 5.41) is 0. The molecular weight excluding hydrogens is 218 g/mol. The van der Waals surface area contributed by atoms with Gasteiger partial charge >= 0.3 is 0 Å². The average Bonchev–Trinajstić information content (AvgIpc) is 2.56. The number of nitrogens with zero attached hydrogens (tertiary/aromatic N) is 1. The third-order valence-corrected chi connectivity index (χ3v) is 2.44. The minimum atomic E-state index is 0.225. The lowest BCUT2D eigenvalue weighted by Crippen LogP contribution is -1.98. The van der Waals surface area contributed by atoms with Crippen molar-refractivity contribution in [1.82, 2.24) is 4.98 Å². The van der Waals surface area contributed by atoms with E-state index in [1.165, 1.54) is 0 Å². The predicted molar refractivity (Wildman–Crippen MR) is 49.9 cm³/mol. The highest BCUT2D eigenvalue weighted by molar-refractivity contribution is 9.10. The predicted octanol–water partition coefficient (Wildman–Crippen LogP) is 2.70. The summed E-state index contributed by atoms with van der Waals surface area (Å²) >= 11 is 3.34. The van der Waals surface area contributed by atoms with Crippen LogP contribution in [0, 0.1) is 0 Å². The van der Waals surface area contributed by atoms with Crippen LogP contribution in [0.15, 0.2) is 22.8 Å². The Morgan fingerprint density at radius 1 is 1.50 bits per heavy atom. The molecule has 1 aromatic heterocycles. The summed E-state index contributed by atoms with van der Waals surface area (Å²) in [6.07, 6.45) is 2.48. The number of aromatic nitrogens is 1. The molecule has 0 radical (unpaired) electrons. The van der Waals surface area contributed by atoms with Crippen LogP contribution >= 0.6 is 15.9 Å². The van der Waals surface area contributed by atoms with Gasteiger partial charge in [-0.25, -0.2) is 4.98 Å². The molecule has 2 heterocycles. The highest BCUT2D eigenvalue weighted by Gasteiger charge is 2.18. The molecule has 1 fully saturated rings. The van der Waals surface area contributed by atoms with Gasteiger partial charge in [0, 0.05) is 6.61 Å². The summed E-state index contributed by atoms with van der Waals surface area (Å²) in [5.74, 6) is 0. The van der Waals surface area contributed by atoms with Crippen LogP contribution in [-0.4, -0.2) is 11.6 Å². The van der Waals surface area contributed by atoms with Crippen LogP contribution in [-0.2, 0) is 4.74 Å². The van der Waals surface area contributed by atoms with Crippen LogP contribution in [0.2, 0.25) is 0 Å². The first-order valence-corrected chi connectivity index (χ1v) is 4.89. The van der Waals surface area contributed by atoms with Gasteiger partial charge in [-0.3, -0.25) is 0 Å². The highest BCUT2D eigenvalue weighted by atomic mass is 79.9. The molecule has 12 heavy (non-hydrogen) atoms. The van der Waals surface area contributed by atoms with Gasteiger partial charge in [0.25, 0.3) is 0 Å². The second-order valence-electron chi connectivity index (χ2n) is 2.89. The minimum absolute atomic E-state index is 0.225. The molecule has 0 bridgehead atoms. The van der Waals surface area contributed by atoms with Crippen LogP contribution in [0.3, 0.4) is 0 Å². The van der Waals surface area contributed by atoms with Crippen LogP contribution in [0.4, 0.5) is 0 Å². The molecule has 1 aliphatic rings.